The SMILES string of the molecule is COC(=O)c1ccc2c(c1)NC(=O)C2=C(Nc1ccc(CCc2c[nH]cn2)cc1)c1ccccc1. The summed E-state index contributed by atoms with van der Waals surface area (Å²) in [5, 5.41) is 6.35. The molecule has 174 valence electrons. The number of aromatic amines is 1. The number of anilines is 2. The lowest BCUT2D eigenvalue weighted by Gasteiger charge is -2.15. The number of rotatable bonds is 7. The molecule has 0 spiro atoms. The van der Waals surface area contributed by atoms with E-state index >= 15 is 0 Å². The van der Waals surface area contributed by atoms with E-state index in [4.69, 9.17) is 4.74 Å². The first kappa shape index (κ1) is 22.2. The van der Waals surface area contributed by atoms with Crippen molar-refractivity contribution in [2.45, 2.75) is 12.8 Å². The number of carbonyl (C=O) groups is 2. The summed E-state index contributed by atoms with van der Waals surface area (Å²) in [5.74, 6) is -0.683. The molecule has 35 heavy (non-hydrogen) atoms. The molecule has 0 fully saturated rings. The van der Waals surface area contributed by atoms with Gasteiger partial charge >= 0.3 is 5.97 Å². The third kappa shape index (κ3) is 4.70. The minimum atomic E-state index is -0.451. The monoisotopic (exact) mass is 464 g/mol. The summed E-state index contributed by atoms with van der Waals surface area (Å²) in [6.45, 7) is 0. The molecule has 0 bridgehead atoms. The molecule has 7 heteroatoms. The molecule has 0 radical (unpaired) electrons. The van der Waals surface area contributed by atoms with Gasteiger partial charge in [0, 0.05) is 17.4 Å². The van der Waals surface area contributed by atoms with E-state index in [1.165, 1.54) is 12.7 Å². The van der Waals surface area contributed by atoms with Crippen molar-refractivity contribution in [1.82, 2.24) is 9.97 Å². The lowest BCUT2D eigenvalue weighted by Crippen LogP contribution is -2.10. The second-order valence-corrected chi connectivity index (χ2v) is 8.20. The molecule has 7 nitrogen and oxygen atoms in total. The predicted molar refractivity (Wildman–Crippen MR) is 136 cm³/mol. The van der Waals surface area contributed by atoms with Gasteiger partial charge in [0.05, 0.1) is 41.7 Å². The number of fused-ring (bicyclic) bond motifs is 1. The van der Waals surface area contributed by atoms with E-state index in [0.29, 0.717) is 22.5 Å². The van der Waals surface area contributed by atoms with Crippen LogP contribution in [0.4, 0.5) is 11.4 Å². The van der Waals surface area contributed by atoms with E-state index in [1.807, 2.05) is 48.7 Å². The summed E-state index contributed by atoms with van der Waals surface area (Å²) >= 11 is 0. The molecule has 0 aliphatic carbocycles. The first-order valence-electron chi connectivity index (χ1n) is 11.3. The number of aromatic nitrogens is 2. The fourth-order valence-corrected chi connectivity index (χ4v) is 4.15. The van der Waals surface area contributed by atoms with Gasteiger partial charge in [-0.05, 0) is 48.2 Å². The molecular formula is C28H24N4O3. The number of carbonyl (C=O) groups excluding carboxylic acids is 2. The number of esters is 1. The van der Waals surface area contributed by atoms with Gasteiger partial charge < -0.3 is 20.4 Å². The smallest absolute Gasteiger partial charge is 0.337 e. The first-order chi connectivity index (χ1) is 17.1. The maximum absolute atomic E-state index is 13.1. The zero-order chi connectivity index (χ0) is 24.2. The number of aryl methyl sites for hydroxylation is 2. The quantitative estimate of drug-likeness (QED) is 0.267. The average molecular weight is 465 g/mol. The molecule has 0 saturated heterocycles. The van der Waals surface area contributed by atoms with E-state index in [9.17, 15) is 9.59 Å². The Hall–Kier alpha value is -4.65. The zero-order valence-electron chi connectivity index (χ0n) is 19.2. The van der Waals surface area contributed by atoms with Crippen molar-refractivity contribution in [3.8, 4) is 0 Å². The van der Waals surface area contributed by atoms with Gasteiger partial charge in [-0.1, -0.05) is 48.5 Å². The van der Waals surface area contributed by atoms with Gasteiger partial charge in [-0.15, -0.1) is 0 Å². The summed E-state index contributed by atoms with van der Waals surface area (Å²) in [7, 11) is 1.33. The van der Waals surface area contributed by atoms with Crippen LogP contribution in [0.1, 0.15) is 32.7 Å². The maximum Gasteiger partial charge on any atom is 0.337 e. The Balaban J connectivity index is 1.48. The number of hydrogen-bond donors (Lipinski definition) is 3. The number of benzene rings is 3. The number of H-pyrrole nitrogens is 1. The van der Waals surface area contributed by atoms with Gasteiger partial charge in [-0.2, -0.15) is 0 Å². The van der Waals surface area contributed by atoms with Crippen molar-refractivity contribution in [2.75, 3.05) is 17.7 Å². The highest BCUT2D eigenvalue weighted by atomic mass is 16.5. The number of hydrogen-bond acceptors (Lipinski definition) is 5. The second-order valence-electron chi connectivity index (χ2n) is 8.20. The Labute approximate surface area is 202 Å². The van der Waals surface area contributed by atoms with Crippen LogP contribution in [0.25, 0.3) is 11.3 Å². The minimum Gasteiger partial charge on any atom is -0.465 e. The molecule has 0 unspecified atom stereocenters. The van der Waals surface area contributed by atoms with E-state index in [-0.39, 0.29) is 5.91 Å². The maximum atomic E-state index is 13.1. The van der Waals surface area contributed by atoms with Gasteiger partial charge in [0.1, 0.15) is 0 Å². The molecule has 5 rings (SSSR count). The van der Waals surface area contributed by atoms with Crippen LogP contribution >= 0.6 is 0 Å². The van der Waals surface area contributed by atoms with E-state index < -0.39 is 5.97 Å². The number of amides is 1. The molecule has 3 aromatic carbocycles. The standard InChI is InChI=1S/C28H24N4O3/c1-35-28(34)20-10-14-23-24(15-20)32-27(33)25(23)26(19-5-3-2-4-6-19)31-21-11-7-18(8-12-21)9-13-22-16-29-17-30-22/h2-8,10-12,14-17,31H,9,13H2,1H3,(H,29,30)(H,32,33). The second kappa shape index (κ2) is 9.69. The number of ether oxygens (including phenoxy) is 1. The Morgan fingerprint density at radius 1 is 0.971 bits per heavy atom. The largest absolute Gasteiger partial charge is 0.465 e. The van der Waals surface area contributed by atoms with Crippen LogP contribution in [-0.4, -0.2) is 29.0 Å². The zero-order valence-corrected chi connectivity index (χ0v) is 19.2. The highest BCUT2D eigenvalue weighted by molar-refractivity contribution is 6.37. The molecule has 0 atom stereocenters. The topological polar surface area (TPSA) is 96.1 Å². The van der Waals surface area contributed by atoms with Crippen LogP contribution in [-0.2, 0) is 22.4 Å². The molecule has 4 aromatic rings. The Morgan fingerprint density at radius 2 is 1.77 bits per heavy atom. The van der Waals surface area contributed by atoms with Crippen LogP contribution in [0.15, 0.2) is 85.3 Å². The van der Waals surface area contributed by atoms with Crippen molar-refractivity contribution >= 4 is 34.5 Å². The van der Waals surface area contributed by atoms with Gasteiger partial charge in [0.25, 0.3) is 5.91 Å². The minimum absolute atomic E-state index is 0.232. The summed E-state index contributed by atoms with van der Waals surface area (Å²) in [6, 6.07) is 23.0. The van der Waals surface area contributed by atoms with Crippen LogP contribution in [0.5, 0.6) is 0 Å². The molecule has 0 saturated carbocycles. The molecule has 1 amide bonds. The average Bonchev–Trinajstić information content (AvgIpc) is 3.53. The molecule has 3 N–H and O–H groups in total. The normalized spacial score (nSPS) is 13.7. The fraction of sp³-hybridized carbons (Fsp3) is 0.107. The van der Waals surface area contributed by atoms with Crippen LogP contribution in [0.2, 0.25) is 0 Å². The van der Waals surface area contributed by atoms with Gasteiger partial charge in [0.2, 0.25) is 0 Å². The number of nitrogens with zero attached hydrogens (tertiary/aromatic N) is 1. The van der Waals surface area contributed by atoms with Crippen LogP contribution in [0, 0.1) is 0 Å². The third-order valence-electron chi connectivity index (χ3n) is 5.95. The van der Waals surface area contributed by atoms with Crippen LogP contribution in [0.3, 0.4) is 0 Å². The van der Waals surface area contributed by atoms with Gasteiger partial charge in [-0.25, -0.2) is 9.78 Å². The molecule has 2 heterocycles. The van der Waals surface area contributed by atoms with E-state index in [2.05, 4.69) is 32.7 Å². The van der Waals surface area contributed by atoms with Gasteiger partial charge in [0.15, 0.2) is 0 Å². The predicted octanol–water partition coefficient (Wildman–Crippen LogP) is 4.91. The van der Waals surface area contributed by atoms with E-state index in [0.717, 1.165) is 35.3 Å². The Morgan fingerprint density at radius 3 is 2.49 bits per heavy atom. The van der Waals surface area contributed by atoms with Gasteiger partial charge in [-0.3, -0.25) is 4.79 Å². The summed E-state index contributed by atoms with van der Waals surface area (Å²) in [6.07, 6.45) is 5.34. The number of methoxy groups -OCH3 is 1. The highest BCUT2D eigenvalue weighted by Crippen LogP contribution is 2.38. The lowest BCUT2D eigenvalue weighted by molar-refractivity contribution is -0.110. The Bertz CT molecular complexity index is 1390. The Kier molecular flexibility index (Phi) is 6.13. The van der Waals surface area contributed by atoms with Crippen molar-refractivity contribution in [3.05, 3.63) is 113 Å². The molecule has 1 aromatic heterocycles. The third-order valence-corrected chi connectivity index (χ3v) is 5.95. The van der Waals surface area contributed by atoms with Crippen molar-refractivity contribution in [3.63, 3.8) is 0 Å². The van der Waals surface area contributed by atoms with Crippen LogP contribution < -0.4 is 10.6 Å². The van der Waals surface area contributed by atoms with Crippen molar-refractivity contribution < 1.29 is 14.3 Å². The van der Waals surface area contributed by atoms with Crippen molar-refractivity contribution in [1.29, 1.82) is 0 Å². The summed E-state index contributed by atoms with van der Waals surface area (Å²) in [4.78, 5) is 32.3. The summed E-state index contributed by atoms with van der Waals surface area (Å²) < 4.78 is 4.81. The number of nitrogens with one attached hydrogen (secondary N) is 3. The first-order valence-corrected chi connectivity index (χ1v) is 11.3. The van der Waals surface area contributed by atoms with E-state index in [1.54, 1.807) is 24.5 Å². The number of imidazole rings is 1. The molecule has 1 aliphatic rings. The summed E-state index contributed by atoms with van der Waals surface area (Å²) in [5.41, 5.74) is 6.88. The molecular weight excluding hydrogens is 440 g/mol. The molecule has 1 aliphatic heterocycles. The highest BCUT2D eigenvalue weighted by Gasteiger charge is 2.29. The van der Waals surface area contributed by atoms with Crippen molar-refractivity contribution in [2.24, 2.45) is 0 Å². The fourth-order valence-electron chi connectivity index (χ4n) is 4.15. The lowest BCUT2D eigenvalue weighted by atomic mass is 9.99.